The van der Waals surface area contributed by atoms with E-state index in [1.807, 2.05) is 36.4 Å². The van der Waals surface area contributed by atoms with E-state index in [9.17, 15) is 13.5 Å². The Morgan fingerprint density at radius 2 is 1.84 bits per heavy atom. The van der Waals surface area contributed by atoms with Crippen LogP contribution in [-0.4, -0.2) is 19.4 Å². The molecule has 25 heavy (non-hydrogen) atoms. The van der Waals surface area contributed by atoms with Crippen molar-refractivity contribution in [3.63, 3.8) is 0 Å². The van der Waals surface area contributed by atoms with Crippen LogP contribution in [0.15, 0.2) is 64.5 Å². The zero-order valence-electron chi connectivity index (χ0n) is 12.9. The maximum absolute atomic E-state index is 11.7. The van der Waals surface area contributed by atoms with Gasteiger partial charge in [0.15, 0.2) is 6.23 Å². The number of fused-ring (bicyclic) bond motifs is 4. The zero-order chi connectivity index (χ0) is 17.3. The van der Waals surface area contributed by atoms with Crippen molar-refractivity contribution in [3.8, 4) is 0 Å². The molecule has 1 atom stereocenters. The molecule has 0 saturated heterocycles. The Morgan fingerprint density at radius 1 is 1.08 bits per heavy atom. The van der Waals surface area contributed by atoms with E-state index in [0.29, 0.717) is 17.0 Å². The van der Waals surface area contributed by atoms with E-state index < -0.39 is 16.3 Å². The fourth-order valence-corrected chi connectivity index (χ4v) is 4.13. The Morgan fingerprint density at radius 3 is 2.60 bits per heavy atom. The minimum atomic E-state index is -3.84. The van der Waals surface area contributed by atoms with Crippen molar-refractivity contribution in [3.05, 3.63) is 65.7 Å². The fourth-order valence-electron chi connectivity index (χ4n) is 3.59. The molecule has 5 rings (SSSR count). The van der Waals surface area contributed by atoms with Crippen molar-refractivity contribution in [2.45, 2.75) is 11.1 Å². The lowest BCUT2D eigenvalue weighted by Gasteiger charge is -2.28. The lowest BCUT2D eigenvalue weighted by Crippen LogP contribution is -2.30. The molecule has 3 N–H and O–H groups in total. The fraction of sp³-hybridized carbons (Fsp3) is 0.0556. The molecule has 1 unspecified atom stereocenters. The number of nitrogens with zero attached hydrogens (tertiary/aromatic N) is 2. The molecule has 2 aliphatic heterocycles. The molecular weight excluding hydrogens is 338 g/mol. The SMILES string of the molecule is NS(=O)(=O)c1ccc2c(c1)C1=Nc3cccc4cccc(c34)N1C2O. The molecule has 0 aliphatic carbocycles. The molecule has 0 amide bonds. The van der Waals surface area contributed by atoms with Crippen LogP contribution < -0.4 is 10.0 Å². The molecule has 3 aromatic rings. The van der Waals surface area contributed by atoms with E-state index in [-0.39, 0.29) is 4.90 Å². The van der Waals surface area contributed by atoms with Crippen LogP contribution in [0.4, 0.5) is 11.4 Å². The Kier molecular flexibility index (Phi) is 2.72. The molecule has 2 aliphatic rings. The highest BCUT2D eigenvalue weighted by Gasteiger charge is 2.38. The topological polar surface area (TPSA) is 96.0 Å². The van der Waals surface area contributed by atoms with E-state index in [1.54, 1.807) is 11.0 Å². The number of amidine groups is 1. The highest BCUT2D eigenvalue weighted by atomic mass is 32.2. The van der Waals surface area contributed by atoms with Gasteiger partial charge in [-0.3, -0.25) is 4.90 Å². The standard InChI is InChI=1S/C18H13N3O3S/c19-25(23,24)11-7-8-12-13(9-11)17-20-14-5-1-3-10-4-2-6-15(16(10)14)21(17)18(12)22/h1-9,18,22H,(H2,19,23,24). The number of sulfonamides is 1. The molecule has 3 aromatic carbocycles. The van der Waals surface area contributed by atoms with Gasteiger partial charge in [0.2, 0.25) is 10.0 Å². The molecule has 0 fully saturated rings. The third kappa shape index (κ3) is 1.91. The third-order valence-electron chi connectivity index (χ3n) is 4.69. The first-order valence-electron chi connectivity index (χ1n) is 7.70. The summed E-state index contributed by atoms with van der Waals surface area (Å²) in [5, 5.41) is 18.1. The highest BCUT2D eigenvalue weighted by Crippen LogP contribution is 2.46. The quantitative estimate of drug-likeness (QED) is 0.703. The Labute approximate surface area is 143 Å². The van der Waals surface area contributed by atoms with Crippen molar-refractivity contribution in [1.29, 1.82) is 0 Å². The smallest absolute Gasteiger partial charge is 0.238 e. The lowest BCUT2D eigenvalue weighted by molar-refractivity contribution is 0.193. The maximum atomic E-state index is 11.7. The molecule has 124 valence electrons. The summed E-state index contributed by atoms with van der Waals surface area (Å²) in [5.41, 5.74) is 2.82. The average molecular weight is 351 g/mol. The van der Waals surface area contributed by atoms with Crippen LogP contribution in [0.5, 0.6) is 0 Å². The minimum absolute atomic E-state index is 0.0000623. The number of anilines is 1. The van der Waals surface area contributed by atoms with Crippen molar-refractivity contribution >= 4 is 38.0 Å². The largest absolute Gasteiger partial charge is 0.369 e. The van der Waals surface area contributed by atoms with E-state index >= 15 is 0 Å². The Hall–Kier alpha value is -2.74. The van der Waals surface area contributed by atoms with Crippen LogP contribution in [0, 0.1) is 0 Å². The van der Waals surface area contributed by atoms with Crippen LogP contribution >= 0.6 is 0 Å². The van der Waals surface area contributed by atoms with Gasteiger partial charge < -0.3 is 5.11 Å². The monoisotopic (exact) mass is 351 g/mol. The molecule has 6 nitrogen and oxygen atoms in total. The van der Waals surface area contributed by atoms with Gasteiger partial charge >= 0.3 is 0 Å². The number of aliphatic hydroxyl groups excluding tert-OH is 1. The van der Waals surface area contributed by atoms with Crippen LogP contribution in [0.3, 0.4) is 0 Å². The number of hydrogen-bond acceptors (Lipinski definition) is 5. The summed E-state index contributed by atoms with van der Waals surface area (Å²) < 4.78 is 23.4. The number of benzene rings is 3. The first-order valence-corrected chi connectivity index (χ1v) is 9.25. The summed E-state index contributed by atoms with van der Waals surface area (Å²) in [6.07, 6.45) is -0.928. The van der Waals surface area contributed by atoms with E-state index in [1.165, 1.54) is 12.1 Å². The predicted molar refractivity (Wildman–Crippen MR) is 95.4 cm³/mol. The van der Waals surface area contributed by atoms with Gasteiger partial charge in [0.05, 0.1) is 16.3 Å². The molecule has 0 spiro atoms. The van der Waals surface area contributed by atoms with Gasteiger partial charge in [0.1, 0.15) is 5.84 Å². The number of hydrogen-bond donors (Lipinski definition) is 2. The third-order valence-corrected chi connectivity index (χ3v) is 5.60. The Bertz CT molecular complexity index is 1200. The summed E-state index contributed by atoms with van der Waals surface area (Å²) in [6.45, 7) is 0. The van der Waals surface area contributed by atoms with Crippen LogP contribution in [0.25, 0.3) is 10.8 Å². The minimum Gasteiger partial charge on any atom is -0.369 e. The molecule has 0 bridgehead atoms. The highest BCUT2D eigenvalue weighted by molar-refractivity contribution is 7.89. The van der Waals surface area contributed by atoms with Crippen molar-refractivity contribution in [2.75, 3.05) is 4.90 Å². The van der Waals surface area contributed by atoms with Crippen LogP contribution in [0.1, 0.15) is 17.4 Å². The Balaban J connectivity index is 1.83. The van der Waals surface area contributed by atoms with Crippen molar-refractivity contribution < 1.29 is 13.5 Å². The normalized spacial score (nSPS) is 18.1. The average Bonchev–Trinajstić information content (AvgIpc) is 2.87. The summed E-state index contributed by atoms with van der Waals surface area (Å²) in [5.74, 6) is 0.527. The number of primary sulfonamides is 1. The number of aliphatic imine (C=N–C) groups is 1. The summed E-state index contributed by atoms with van der Waals surface area (Å²) in [7, 11) is -3.84. The van der Waals surface area contributed by atoms with Gasteiger partial charge in [-0.15, -0.1) is 0 Å². The lowest BCUT2D eigenvalue weighted by atomic mass is 10.0. The van der Waals surface area contributed by atoms with Crippen molar-refractivity contribution in [2.24, 2.45) is 10.1 Å². The first-order chi connectivity index (χ1) is 11.9. The van der Waals surface area contributed by atoms with Crippen molar-refractivity contribution in [1.82, 2.24) is 0 Å². The number of aliphatic hydroxyl groups is 1. The van der Waals surface area contributed by atoms with Gasteiger partial charge in [-0.25, -0.2) is 18.5 Å². The van der Waals surface area contributed by atoms with E-state index in [0.717, 1.165) is 22.1 Å². The van der Waals surface area contributed by atoms with Gasteiger partial charge in [-0.2, -0.15) is 0 Å². The summed E-state index contributed by atoms with van der Waals surface area (Å²) in [6, 6.07) is 16.1. The first kappa shape index (κ1) is 14.6. The van der Waals surface area contributed by atoms with Crippen LogP contribution in [0.2, 0.25) is 0 Å². The predicted octanol–water partition coefficient (Wildman–Crippen LogP) is 2.39. The number of nitrogens with two attached hydrogens (primary N) is 1. The summed E-state index contributed by atoms with van der Waals surface area (Å²) in [4.78, 5) is 6.42. The second-order valence-electron chi connectivity index (χ2n) is 6.13. The second kappa shape index (κ2) is 4.66. The molecule has 2 heterocycles. The number of rotatable bonds is 1. The zero-order valence-corrected chi connectivity index (χ0v) is 13.7. The van der Waals surface area contributed by atoms with Crippen LogP contribution in [-0.2, 0) is 10.0 Å². The van der Waals surface area contributed by atoms with Gasteiger partial charge in [-0.05, 0) is 29.7 Å². The molecular formula is C18H13N3O3S. The molecule has 7 heteroatoms. The molecule has 0 saturated carbocycles. The maximum Gasteiger partial charge on any atom is 0.238 e. The second-order valence-corrected chi connectivity index (χ2v) is 7.69. The summed E-state index contributed by atoms with van der Waals surface area (Å²) >= 11 is 0. The van der Waals surface area contributed by atoms with E-state index in [2.05, 4.69) is 4.99 Å². The van der Waals surface area contributed by atoms with Gasteiger partial charge in [0, 0.05) is 16.5 Å². The van der Waals surface area contributed by atoms with E-state index in [4.69, 9.17) is 5.14 Å². The molecule has 0 radical (unpaired) electrons. The molecule has 0 aromatic heterocycles. The van der Waals surface area contributed by atoms with Gasteiger partial charge in [-0.1, -0.05) is 30.3 Å². The van der Waals surface area contributed by atoms with Gasteiger partial charge in [0.25, 0.3) is 0 Å².